The van der Waals surface area contributed by atoms with Crippen molar-refractivity contribution < 1.29 is 4.90 Å². The minimum Gasteiger partial charge on any atom is -0.346 e. The summed E-state index contributed by atoms with van der Waals surface area (Å²) in [6, 6.07) is 19.7. The molecule has 0 unspecified atom stereocenters. The van der Waals surface area contributed by atoms with Gasteiger partial charge in [-0.2, -0.15) is 5.26 Å². The van der Waals surface area contributed by atoms with E-state index in [1.165, 1.54) is 22.5 Å². The average molecular weight is 439 g/mol. The second kappa shape index (κ2) is 8.88. The highest BCUT2D eigenvalue weighted by atomic mass is 15.3. The van der Waals surface area contributed by atoms with E-state index in [9.17, 15) is 5.26 Å². The van der Waals surface area contributed by atoms with Crippen molar-refractivity contribution in [2.45, 2.75) is 40.2 Å². The number of rotatable bonds is 5. The topological polar surface area (TPSA) is 48.8 Å². The molecule has 1 aliphatic rings. The second-order valence-electron chi connectivity index (χ2n) is 9.37. The molecular weight excluding hydrogens is 406 g/mol. The Morgan fingerprint density at radius 1 is 1.03 bits per heavy atom. The lowest BCUT2D eigenvalue weighted by Crippen LogP contribution is -3.13. The molecule has 4 aromatic rings. The molecule has 168 valence electrons. The number of hydrogen-bond donors (Lipinski definition) is 1. The van der Waals surface area contributed by atoms with Gasteiger partial charge in [0, 0.05) is 5.56 Å². The van der Waals surface area contributed by atoms with Crippen LogP contribution < -0.4 is 9.80 Å². The molecule has 0 amide bonds. The third-order valence-electron chi connectivity index (χ3n) is 7.00. The lowest BCUT2D eigenvalue weighted by molar-refractivity contribution is -0.914. The Labute approximate surface area is 195 Å². The van der Waals surface area contributed by atoms with Crippen molar-refractivity contribution in [3.05, 3.63) is 76.3 Å². The molecule has 1 saturated heterocycles. The highest BCUT2D eigenvalue weighted by Crippen LogP contribution is 2.29. The molecule has 3 heterocycles. The van der Waals surface area contributed by atoms with Gasteiger partial charge in [-0.3, -0.25) is 4.40 Å². The Bertz CT molecular complexity index is 1350. The van der Waals surface area contributed by atoms with Gasteiger partial charge in [-0.05, 0) is 49.6 Å². The number of nitrogens with one attached hydrogen (secondary N) is 1. The molecule has 2 aromatic heterocycles. The van der Waals surface area contributed by atoms with Crippen LogP contribution in [0.3, 0.4) is 0 Å². The van der Waals surface area contributed by atoms with Crippen LogP contribution in [0.15, 0.2) is 48.5 Å². The lowest BCUT2D eigenvalue weighted by Gasteiger charge is -2.34. The Morgan fingerprint density at radius 3 is 2.55 bits per heavy atom. The molecule has 5 heteroatoms. The first kappa shape index (κ1) is 21.5. The molecule has 5 nitrogen and oxygen atoms in total. The number of imidazole rings is 1. The molecular formula is C28H32N5+. The van der Waals surface area contributed by atoms with E-state index in [0.717, 1.165) is 73.4 Å². The number of para-hydroxylation sites is 2. The highest BCUT2D eigenvalue weighted by Gasteiger charge is 2.25. The number of aryl methyl sites for hydroxylation is 3. The van der Waals surface area contributed by atoms with Crippen LogP contribution >= 0.6 is 0 Å². The average Bonchev–Trinajstić information content (AvgIpc) is 3.20. The second-order valence-corrected chi connectivity index (χ2v) is 9.37. The van der Waals surface area contributed by atoms with Gasteiger partial charge in [0.15, 0.2) is 5.65 Å². The molecule has 0 atom stereocenters. The van der Waals surface area contributed by atoms with Crippen molar-refractivity contribution in [2.24, 2.45) is 0 Å². The zero-order chi connectivity index (χ0) is 22.9. The van der Waals surface area contributed by atoms with Gasteiger partial charge in [-0.15, -0.1) is 0 Å². The molecule has 0 radical (unpaired) electrons. The number of fused-ring (bicyclic) bond motifs is 3. The fourth-order valence-corrected chi connectivity index (χ4v) is 5.23. The molecule has 5 rings (SSSR count). The Hall–Kier alpha value is -3.36. The maximum absolute atomic E-state index is 9.96. The first-order chi connectivity index (χ1) is 16.1. The van der Waals surface area contributed by atoms with E-state index in [1.807, 2.05) is 12.1 Å². The summed E-state index contributed by atoms with van der Waals surface area (Å²) < 4.78 is 2.21. The number of nitrogens with zero attached hydrogens (tertiary/aromatic N) is 4. The van der Waals surface area contributed by atoms with Gasteiger partial charge in [0.05, 0.1) is 42.8 Å². The molecule has 0 bridgehead atoms. The van der Waals surface area contributed by atoms with Crippen LogP contribution in [0.5, 0.6) is 0 Å². The van der Waals surface area contributed by atoms with Crippen molar-refractivity contribution in [1.82, 2.24) is 9.38 Å². The fourth-order valence-electron chi connectivity index (χ4n) is 5.23. The smallest absolute Gasteiger partial charge is 0.157 e. The first-order valence-electron chi connectivity index (χ1n) is 12.1. The van der Waals surface area contributed by atoms with Gasteiger partial charge >= 0.3 is 0 Å². The third kappa shape index (κ3) is 3.96. The number of aromatic nitrogens is 2. The normalized spacial score (nSPS) is 14.8. The van der Waals surface area contributed by atoms with Gasteiger partial charge in [0.25, 0.3) is 0 Å². The van der Waals surface area contributed by atoms with E-state index in [1.54, 1.807) is 4.90 Å². The number of quaternary nitrogens is 1. The largest absolute Gasteiger partial charge is 0.346 e. The summed E-state index contributed by atoms with van der Waals surface area (Å²) in [6.07, 6.45) is 1.91. The van der Waals surface area contributed by atoms with Crippen molar-refractivity contribution in [2.75, 3.05) is 31.1 Å². The SMILES string of the molecule is CCCc1cc(N2CC[NH+](Cc3ccc(C)cc3C)CC2)n2c(nc3ccccc32)c1C#N. The summed E-state index contributed by atoms with van der Waals surface area (Å²) in [4.78, 5) is 9.01. The molecule has 0 saturated carbocycles. The quantitative estimate of drug-likeness (QED) is 0.515. The number of pyridine rings is 1. The molecule has 2 aromatic carbocycles. The number of anilines is 1. The monoisotopic (exact) mass is 438 g/mol. The minimum absolute atomic E-state index is 0.718. The van der Waals surface area contributed by atoms with Crippen LogP contribution in [0.25, 0.3) is 16.7 Å². The zero-order valence-electron chi connectivity index (χ0n) is 19.9. The first-order valence-corrected chi connectivity index (χ1v) is 12.1. The Kier molecular flexibility index (Phi) is 5.78. The fraction of sp³-hybridized carbons (Fsp3) is 0.357. The van der Waals surface area contributed by atoms with Crippen molar-refractivity contribution in [3.8, 4) is 6.07 Å². The van der Waals surface area contributed by atoms with E-state index < -0.39 is 0 Å². The predicted octanol–water partition coefficient (Wildman–Crippen LogP) is 3.83. The maximum atomic E-state index is 9.96. The molecule has 1 aliphatic heterocycles. The van der Waals surface area contributed by atoms with Gasteiger partial charge < -0.3 is 9.80 Å². The summed E-state index contributed by atoms with van der Waals surface area (Å²) in [5.74, 6) is 1.17. The summed E-state index contributed by atoms with van der Waals surface area (Å²) in [6.45, 7) is 11.8. The number of benzene rings is 2. The van der Waals surface area contributed by atoms with Gasteiger partial charge in [0.1, 0.15) is 18.4 Å². The van der Waals surface area contributed by atoms with E-state index in [4.69, 9.17) is 4.98 Å². The summed E-state index contributed by atoms with van der Waals surface area (Å²) in [5.41, 5.74) is 8.83. The summed E-state index contributed by atoms with van der Waals surface area (Å²) >= 11 is 0. The lowest BCUT2D eigenvalue weighted by atomic mass is 10.0. The van der Waals surface area contributed by atoms with Crippen molar-refractivity contribution in [1.29, 1.82) is 5.26 Å². The third-order valence-corrected chi connectivity index (χ3v) is 7.00. The van der Waals surface area contributed by atoms with Gasteiger partial charge in [-0.25, -0.2) is 4.98 Å². The van der Waals surface area contributed by atoms with Crippen molar-refractivity contribution >= 4 is 22.5 Å². The predicted molar refractivity (Wildman–Crippen MR) is 134 cm³/mol. The van der Waals surface area contributed by atoms with Gasteiger partial charge in [0.2, 0.25) is 0 Å². The zero-order valence-corrected chi connectivity index (χ0v) is 19.9. The molecule has 1 fully saturated rings. The Morgan fingerprint density at radius 2 is 1.82 bits per heavy atom. The number of piperazine rings is 1. The van der Waals surface area contributed by atoms with Crippen molar-refractivity contribution in [3.63, 3.8) is 0 Å². The Balaban J connectivity index is 1.48. The number of nitriles is 1. The summed E-state index contributed by atoms with van der Waals surface area (Å²) in [7, 11) is 0. The van der Waals surface area contributed by atoms with E-state index in [0.29, 0.717) is 0 Å². The molecule has 0 aliphatic carbocycles. The van der Waals surface area contributed by atoms with Gasteiger partial charge in [-0.1, -0.05) is 49.2 Å². The van der Waals surface area contributed by atoms with Crippen LogP contribution in [-0.4, -0.2) is 35.6 Å². The van der Waals surface area contributed by atoms with Crippen LogP contribution in [0.2, 0.25) is 0 Å². The van der Waals surface area contributed by atoms with E-state index >= 15 is 0 Å². The van der Waals surface area contributed by atoms with E-state index in [-0.39, 0.29) is 0 Å². The van der Waals surface area contributed by atoms with Crippen LogP contribution in [-0.2, 0) is 13.0 Å². The standard InChI is InChI=1S/C28H31N5/c1-4-7-22-17-27(33-26-9-6-5-8-25(26)30-28(33)24(22)18-29)32-14-12-31(13-15-32)19-23-11-10-20(2)16-21(23)3/h5-6,8-11,16-17H,4,7,12-15,19H2,1-3H3/p+1. The van der Waals surface area contributed by atoms with Crippen LogP contribution in [0.1, 0.15) is 41.2 Å². The highest BCUT2D eigenvalue weighted by molar-refractivity contribution is 5.85. The van der Waals surface area contributed by atoms with E-state index in [2.05, 4.69) is 72.5 Å². The molecule has 0 spiro atoms. The maximum Gasteiger partial charge on any atom is 0.157 e. The minimum atomic E-state index is 0.718. The molecule has 1 N–H and O–H groups in total. The number of hydrogen-bond acceptors (Lipinski definition) is 3. The summed E-state index contributed by atoms with van der Waals surface area (Å²) in [5, 5.41) is 9.96. The van der Waals surface area contributed by atoms with Crippen LogP contribution in [0, 0.1) is 25.2 Å². The molecule has 33 heavy (non-hydrogen) atoms. The van der Waals surface area contributed by atoms with Crippen LogP contribution in [0.4, 0.5) is 5.82 Å².